The summed E-state index contributed by atoms with van der Waals surface area (Å²) in [5, 5.41) is 2.80. The van der Waals surface area contributed by atoms with E-state index in [-0.39, 0.29) is 6.03 Å². The minimum Gasteiger partial charge on any atom is -0.399 e. The Labute approximate surface area is 117 Å². The molecule has 1 aliphatic rings. The molecule has 0 bridgehead atoms. The molecule has 3 N–H and O–H groups in total. The first-order valence-corrected chi connectivity index (χ1v) is 6.64. The number of carbonyl (C=O) groups excluding carboxylic acids is 1. The number of anilines is 1. The number of nitrogen functional groups attached to an aromatic ring is 1. The van der Waals surface area contributed by atoms with Crippen molar-refractivity contribution in [2.24, 2.45) is 0 Å². The van der Waals surface area contributed by atoms with Crippen LogP contribution in [-0.4, -0.2) is 40.1 Å². The smallest absolute Gasteiger partial charge is 0.317 e. The normalized spacial score (nSPS) is 14.6. The largest absolute Gasteiger partial charge is 0.399 e. The van der Waals surface area contributed by atoms with Gasteiger partial charge in [0.05, 0.1) is 0 Å². The fourth-order valence-electron chi connectivity index (χ4n) is 2.34. The van der Waals surface area contributed by atoms with Crippen LogP contribution in [-0.2, 0) is 6.54 Å². The average Bonchev–Trinajstić information content (AvgIpc) is 3.06. The van der Waals surface area contributed by atoms with Crippen LogP contribution in [0.1, 0.15) is 0 Å². The fourth-order valence-corrected chi connectivity index (χ4v) is 2.34. The van der Waals surface area contributed by atoms with Crippen molar-refractivity contribution in [3.8, 4) is 11.4 Å². The summed E-state index contributed by atoms with van der Waals surface area (Å²) in [4.78, 5) is 17.7. The standard InChI is InChI=1S/C14H17N5O/c15-12-3-1-11(2-4-12)13-16-5-7-18(13)9-10-19-8-6-17-14(19)20/h1-5,7H,6,8-10,15H2,(H,17,20). The highest BCUT2D eigenvalue weighted by Crippen LogP contribution is 2.18. The summed E-state index contributed by atoms with van der Waals surface area (Å²) in [5.74, 6) is 0.893. The number of aromatic nitrogens is 2. The van der Waals surface area contributed by atoms with Crippen molar-refractivity contribution < 1.29 is 4.79 Å². The van der Waals surface area contributed by atoms with Crippen molar-refractivity contribution in [3.63, 3.8) is 0 Å². The molecule has 1 aromatic heterocycles. The molecule has 6 heteroatoms. The van der Waals surface area contributed by atoms with E-state index in [0.717, 1.165) is 36.7 Å². The molecule has 1 aromatic carbocycles. The number of amides is 2. The van der Waals surface area contributed by atoms with Crippen LogP contribution < -0.4 is 11.1 Å². The van der Waals surface area contributed by atoms with E-state index in [4.69, 9.17) is 5.73 Å². The van der Waals surface area contributed by atoms with Crippen molar-refractivity contribution >= 4 is 11.7 Å². The van der Waals surface area contributed by atoms with Gasteiger partial charge in [-0.2, -0.15) is 0 Å². The second-order valence-electron chi connectivity index (χ2n) is 4.79. The van der Waals surface area contributed by atoms with Crippen LogP contribution in [0.5, 0.6) is 0 Å². The predicted octanol–water partition coefficient (Wildman–Crippen LogP) is 1.16. The number of nitrogens with two attached hydrogens (primary N) is 1. The SMILES string of the molecule is Nc1ccc(-c2nccn2CCN2CCNC2=O)cc1. The van der Waals surface area contributed by atoms with E-state index >= 15 is 0 Å². The van der Waals surface area contributed by atoms with E-state index in [1.807, 2.05) is 35.4 Å². The average molecular weight is 271 g/mol. The minimum atomic E-state index is 0.0131. The molecule has 0 radical (unpaired) electrons. The lowest BCUT2D eigenvalue weighted by molar-refractivity contribution is 0.215. The first-order valence-electron chi connectivity index (χ1n) is 6.64. The van der Waals surface area contributed by atoms with Gasteiger partial charge in [0, 0.05) is 49.8 Å². The monoisotopic (exact) mass is 271 g/mol. The van der Waals surface area contributed by atoms with Gasteiger partial charge in [-0.1, -0.05) is 0 Å². The van der Waals surface area contributed by atoms with Crippen LogP contribution in [0.2, 0.25) is 0 Å². The highest BCUT2D eigenvalue weighted by Gasteiger charge is 2.19. The number of nitrogens with zero attached hydrogens (tertiary/aromatic N) is 3. The molecule has 6 nitrogen and oxygen atoms in total. The Morgan fingerprint density at radius 1 is 1.25 bits per heavy atom. The lowest BCUT2D eigenvalue weighted by Gasteiger charge is -2.15. The molecule has 2 heterocycles. The summed E-state index contributed by atoms with van der Waals surface area (Å²) >= 11 is 0. The van der Waals surface area contributed by atoms with Gasteiger partial charge in [-0.3, -0.25) is 0 Å². The van der Waals surface area contributed by atoms with Gasteiger partial charge in [0.25, 0.3) is 0 Å². The Morgan fingerprint density at radius 2 is 2.05 bits per heavy atom. The molecule has 1 aliphatic heterocycles. The molecule has 1 fully saturated rings. The van der Waals surface area contributed by atoms with Crippen molar-refractivity contribution in [1.29, 1.82) is 0 Å². The number of nitrogens with one attached hydrogen (secondary N) is 1. The van der Waals surface area contributed by atoms with Gasteiger partial charge >= 0.3 is 6.03 Å². The highest BCUT2D eigenvalue weighted by atomic mass is 16.2. The first-order chi connectivity index (χ1) is 9.74. The molecule has 0 atom stereocenters. The van der Waals surface area contributed by atoms with Crippen molar-refractivity contribution in [2.75, 3.05) is 25.4 Å². The third kappa shape index (κ3) is 2.45. The minimum absolute atomic E-state index is 0.0131. The van der Waals surface area contributed by atoms with Crippen LogP contribution in [0.4, 0.5) is 10.5 Å². The summed E-state index contributed by atoms with van der Waals surface area (Å²) in [6.07, 6.45) is 3.70. The lowest BCUT2D eigenvalue weighted by atomic mass is 10.2. The van der Waals surface area contributed by atoms with E-state index in [2.05, 4.69) is 14.9 Å². The van der Waals surface area contributed by atoms with Gasteiger partial charge in [-0.05, 0) is 24.3 Å². The zero-order valence-electron chi connectivity index (χ0n) is 11.1. The topological polar surface area (TPSA) is 76.2 Å². The number of imidazole rings is 1. The molecule has 1 saturated heterocycles. The molecule has 0 saturated carbocycles. The number of benzene rings is 1. The number of hydrogen-bond donors (Lipinski definition) is 2. The van der Waals surface area contributed by atoms with Crippen LogP contribution in [0.25, 0.3) is 11.4 Å². The summed E-state index contributed by atoms with van der Waals surface area (Å²) in [6.45, 7) is 2.91. The number of carbonyl (C=O) groups is 1. The highest BCUT2D eigenvalue weighted by molar-refractivity contribution is 5.76. The zero-order chi connectivity index (χ0) is 13.9. The van der Waals surface area contributed by atoms with E-state index < -0.39 is 0 Å². The Hall–Kier alpha value is -2.50. The molecule has 0 aliphatic carbocycles. The van der Waals surface area contributed by atoms with Crippen LogP contribution in [0, 0.1) is 0 Å². The van der Waals surface area contributed by atoms with E-state index in [1.165, 1.54) is 0 Å². The first kappa shape index (κ1) is 12.5. The van der Waals surface area contributed by atoms with Gasteiger partial charge in [-0.15, -0.1) is 0 Å². The third-order valence-electron chi connectivity index (χ3n) is 3.44. The number of rotatable bonds is 4. The van der Waals surface area contributed by atoms with Gasteiger partial charge in [0.1, 0.15) is 5.82 Å². The molecule has 104 valence electrons. The van der Waals surface area contributed by atoms with Crippen molar-refractivity contribution in [1.82, 2.24) is 19.8 Å². The molecule has 0 unspecified atom stereocenters. The molecule has 3 rings (SSSR count). The van der Waals surface area contributed by atoms with Crippen LogP contribution in [0.15, 0.2) is 36.7 Å². The van der Waals surface area contributed by atoms with E-state index in [0.29, 0.717) is 6.54 Å². The molecule has 0 spiro atoms. The van der Waals surface area contributed by atoms with Crippen LogP contribution in [0.3, 0.4) is 0 Å². The van der Waals surface area contributed by atoms with Gasteiger partial charge in [0.15, 0.2) is 0 Å². The van der Waals surface area contributed by atoms with Gasteiger partial charge in [0.2, 0.25) is 0 Å². The molecular weight excluding hydrogens is 254 g/mol. The Morgan fingerprint density at radius 3 is 2.75 bits per heavy atom. The quantitative estimate of drug-likeness (QED) is 0.819. The van der Waals surface area contributed by atoms with Gasteiger partial charge in [-0.25, -0.2) is 9.78 Å². The third-order valence-corrected chi connectivity index (χ3v) is 3.44. The Bertz CT molecular complexity index is 604. The molecule has 20 heavy (non-hydrogen) atoms. The summed E-state index contributed by atoms with van der Waals surface area (Å²) < 4.78 is 2.05. The zero-order valence-corrected chi connectivity index (χ0v) is 11.1. The Balaban J connectivity index is 1.73. The summed E-state index contributed by atoms with van der Waals surface area (Å²) in [6, 6.07) is 7.65. The maximum atomic E-state index is 11.5. The number of urea groups is 1. The maximum Gasteiger partial charge on any atom is 0.317 e. The van der Waals surface area contributed by atoms with Crippen molar-refractivity contribution in [2.45, 2.75) is 6.54 Å². The maximum absolute atomic E-state index is 11.5. The molecule has 2 aromatic rings. The van der Waals surface area contributed by atoms with Crippen molar-refractivity contribution in [3.05, 3.63) is 36.7 Å². The fraction of sp³-hybridized carbons (Fsp3) is 0.286. The molecule has 2 amide bonds. The summed E-state index contributed by atoms with van der Waals surface area (Å²) in [7, 11) is 0. The predicted molar refractivity (Wildman–Crippen MR) is 77.0 cm³/mol. The van der Waals surface area contributed by atoms with Crippen LogP contribution >= 0.6 is 0 Å². The van der Waals surface area contributed by atoms with E-state index in [9.17, 15) is 4.79 Å². The van der Waals surface area contributed by atoms with Gasteiger partial charge < -0.3 is 20.5 Å². The Kier molecular flexibility index (Phi) is 3.28. The number of hydrogen-bond acceptors (Lipinski definition) is 3. The second kappa shape index (κ2) is 5.24. The van der Waals surface area contributed by atoms with E-state index in [1.54, 1.807) is 6.20 Å². The molecular formula is C14H17N5O. The summed E-state index contributed by atoms with van der Waals surface area (Å²) in [5.41, 5.74) is 7.46. The second-order valence-corrected chi connectivity index (χ2v) is 4.79. The lowest BCUT2D eigenvalue weighted by Crippen LogP contribution is -2.31.